The maximum atomic E-state index is 11.9. The number of carbonyl (C=O) groups is 1. The van der Waals surface area contributed by atoms with Gasteiger partial charge in [0.2, 0.25) is 0 Å². The summed E-state index contributed by atoms with van der Waals surface area (Å²) < 4.78 is -0.854. The molecule has 0 spiro atoms. The molecule has 0 aliphatic heterocycles. The van der Waals surface area contributed by atoms with E-state index in [0.29, 0.717) is 5.56 Å². The van der Waals surface area contributed by atoms with Gasteiger partial charge in [-0.3, -0.25) is 4.79 Å². The molecule has 0 saturated heterocycles. The Morgan fingerprint density at radius 3 is 2.21 bits per heavy atom. The Hall–Kier alpha value is -0.530. The van der Waals surface area contributed by atoms with E-state index in [-0.39, 0.29) is 17.6 Å². The predicted molar refractivity (Wildman–Crippen MR) is 57.9 cm³/mol. The van der Waals surface area contributed by atoms with E-state index in [4.69, 9.17) is 23.2 Å². The second-order valence-electron chi connectivity index (χ2n) is 3.67. The summed E-state index contributed by atoms with van der Waals surface area (Å²) in [5.74, 6) is -0.144. The van der Waals surface area contributed by atoms with Crippen LogP contribution in [-0.2, 0) is 0 Å². The second kappa shape index (κ2) is 3.25. The molecule has 2 rings (SSSR count). The second-order valence-corrected chi connectivity index (χ2v) is 5.12. The molecule has 0 radical (unpaired) electrons. The Bertz CT molecular complexity index is 359. The van der Waals surface area contributed by atoms with Crippen molar-refractivity contribution in [1.82, 2.24) is 0 Å². The van der Waals surface area contributed by atoms with Crippen molar-refractivity contribution in [3.63, 3.8) is 0 Å². The summed E-state index contributed by atoms with van der Waals surface area (Å²) in [4.78, 5) is 11.9. The van der Waals surface area contributed by atoms with Gasteiger partial charge in [0.1, 0.15) is 4.33 Å². The summed E-state index contributed by atoms with van der Waals surface area (Å²) in [5, 5.41) is 0. The molecule has 1 aromatic carbocycles. The van der Waals surface area contributed by atoms with E-state index >= 15 is 0 Å². The molecule has 1 aromatic rings. The van der Waals surface area contributed by atoms with E-state index in [1.165, 1.54) is 0 Å². The highest BCUT2D eigenvalue weighted by Crippen LogP contribution is 2.59. The van der Waals surface area contributed by atoms with Crippen molar-refractivity contribution in [2.45, 2.75) is 11.3 Å². The van der Waals surface area contributed by atoms with Crippen LogP contribution >= 0.6 is 23.2 Å². The number of alkyl halides is 2. The van der Waals surface area contributed by atoms with Gasteiger partial charge in [-0.15, -0.1) is 23.2 Å². The zero-order chi connectivity index (χ0) is 10.3. The van der Waals surface area contributed by atoms with Gasteiger partial charge in [0, 0.05) is 11.5 Å². The van der Waals surface area contributed by atoms with Crippen molar-refractivity contribution >= 4 is 29.0 Å². The van der Waals surface area contributed by atoms with E-state index in [1.807, 2.05) is 25.1 Å². The van der Waals surface area contributed by atoms with Crippen LogP contribution in [0.3, 0.4) is 0 Å². The molecular weight excluding hydrogens is 219 g/mol. The van der Waals surface area contributed by atoms with Crippen LogP contribution in [0.25, 0.3) is 0 Å². The standard InChI is InChI=1S/C11H10Cl2O/c1-7-9(11(7,12)13)10(14)8-5-3-2-4-6-8/h2-7,9H,1H3/t7-,9+/m0/s1. The molecule has 0 aromatic heterocycles. The van der Waals surface area contributed by atoms with Crippen LogP contribution in [0.5, 0.6) is 0 Å². The lowest BCUT2D eigenvalue weighted by Gasteiger charge is -1.99. The third-order valence-corrected chi connectivity index (χ3v) is 3.91. The summed E-state index contributed by atoms with van der Waals surface area (Å²) in [6, 6.07) is 9.13. The van der Waals surface area contributed by atoms with Gasteiger partial charge in [-0.1, -0.05) is 37.3 Å². The maximum Gasteiger partial charge on any atom is 0.169 e. The quantitative estimate of drug-likeness (QED) is 0.561. The number of hydrogen-bond donors (Lipinski definition) is 0. The van der Waals surface area contributed by atoms with Gasteiger partial charge in [-0.25, -0.2) is 0 Å². The molecule has 1 aliphatic carbocycles. The van der Waals surface area contributed by atoms with Crippen molar-refractivity contribution in [2.75, 3.05) is 0 Å². The summed E-state index contributed by atoms with van der Waals surface area (Å²) in [7, 11) is 0. The van der Waals surface area contributed by atoms with Gasteiger partial charge in [-0.05, 0) is 0 Å². The van der Waals surface area contributed by atoms with Gasteiger partial charge in [-0.2, -0.15) is 0 Å². The van der Waals surface area contributed by atoms with E-state index in [1.54, 1.807) is 12.1 Å². The first-order valence-electron chi connectivity index (χ1n) is 4.52. The fourth-order valence-corrected chi connectivity index (χ4v) is 2.37. The van der Waals surface area contributed by atoms with E-state index < -0.39 is 4.33 Å². The molecule has 0 bridgehead atoms. The average molecular weight is 229 g/mol. The lowest BCUT2D eigenvalue weighted by Crippen LogP contribution is -2.06. The minimum absolute atomic E-state index is 0.0445. The Labute approximate surface area is 93.0 Å². The molecular formula is C11H10Cl2O. The number of hydrogen-bond acceptors (Lipinski definition) is 1. The van der Waals surface area contributed by atoms with Gasteiger partial charge in [0.15, 0.2) is 5.78 Å². The molecule has 1 aliphatic rings. The molecule has 1 nitrogen and oxygen atoms in total. The molecule has 0 amide bonds. The first-order chi connectivity index (χ1) is 6.55. The van der Waals surface area contributed by atoms with E-state index in [0.717, 1.165) is 0 Å². The van der Waals surface area contributed by atoms with Crippen LogP contribution in [-0.4, -0.2) is 10.1 Å². The van der Waals surface area contributed by atoms with Crippen molar-refractivity contribution in [3.05, 3.63) is 35.9 Å². The largest absolute Gasteiger partial charge is 0.294 e. The van der Waals surface area contributed by atoms with E-state index in [9.17, 15) is 4.79 Å². The molecule has 0 N–H and O–H groups in total. The SMILES string of the molecule is C[C@H]1[C@H](C(=O)c2ccccc2)C1(Cl)Cl. The van der Waals surface area contributed by atoms with Crippen molar-refractivity contribution in [2.24, 2.45) is 11.8 Å². The number of Topliss-reactive ketones (excluding diaryl/α,β-unsaturated/α-hetero) is 1. The predicted octanol–water partition coefficient (Wildman–Crippen LogP) is 3.31. The normalized spacial score (nSPS) is 28.5. The highest BCUT2D eigenvalue weighted by Gasteiger charge is 2.64. The fourth-order valence-electron chi connectivity index (χ4n) is 1.66. The first kappa shape index (κ1) is 10.0. The highest BCUT2D eigenvalue weighted by atomic mass is 35.5. The summed E-state index contributed by atoms with van der Waals surface area (Å²) >= 11 is 11.9. The molecule has 1 saturated carbocycles. The zero-order valence-electron chi connectivity index (χ0n) is 7.71. The molecule has 0 unspecified atom stereocenters. The number of ketones is 1. The molecule has 0 heterocycles. The first-order valence-corrected chi connectivity index (χ1v) is 5.28. The molecule has 74 valence electrons. The number of carbonyl (C=O) groups excluding carboxylic acids is 1. The zero-order valence-corrected chi connectivity index (χ0v) is 9.22. The molecule has 14 heavy (non-hydrogen) atoms. The van der Waals surface area contributed by atoms with Crippen molar-refractivity contribution in [1.29, 1.82) is 0 Å². The van der Waals surface area contributed by atoms with Gasteiger partial charge >= 0.3 is 0 Å². The van der Waals surface area contributed by atoms with Crippen LogP contribution < -0.4 is 0 Å². The van der Waals surface area contributed by atoms with Crippen LogP contribution in [0, 0.1) is 11.8 Å². The monoisotopic (exact) mass is 228 g/mol. The molecule has 2 atom stereocenters. The van der Waals surface area contributed by atoms with Crippen LogP contribution in [0.2, 0.25) is 0 Å². The van der Waals surface area contributed by atoms with Crippen molar-refractivity contribution in [3.8, 4) is 0 Å². The van der Waals surface area contributed by atoms with Crippen LogP contribution in [0.1, 0.15) is 17.3 Å². The van der Waals surface area contributed by atoms with Gasteiger partial charge in [0.05, 0.1) is 5.92 Å². The minimum atomic E-state index is -0.854. The lowest BCUT2D eigenvalue weighted by atomic mass is 10.1. The van der Waals surface area contributed by atoms with E-state index in [2.05, 4.69) is 0 Å². The Morgan fingerprint density at radius 1 is 1.29 bits per heavy atom. The summed E-state index contributed by atoms with van der Waals surface area (Å²) in [6.07, 6.45) is 0. The smallest absolute Gasteiger partial charge is 0.169 e. The van der Waals surface area contributed by atoms with Gasteiger partial charge in [0.25, 0.3) is 0 Å². The van der Waals surface area contributed by atoms with Crippen molar-refractivity contribution < 1.29 is 4.79 Å². The number of halogens is 2. The topological polar surface area (TPSA) is 17.1 Å². The average Bonchev–Trinajstić information content (AvgIpc) is 2.67. The number of rotatable bonds is 2. The molecule has 1 fully saturated rings. The van der Waals surface area contributed by atoms with Gasteiger partial charge < -0.3 is 0 Å². The molecule has 3 heteroatoms. The Kier molecular flexibility index (Phi) is 2.32. The fraction of sp³-hybridized carbons (Fsp3) is 0.364. The lowest BCUT2D eigenvalue weighted by molar-refractivity contribution is 0.0961. The minimum Gasteiger partial charge on any atom is -0.294 e. The highest BCUT2D eigenvalue weighted by molar-refractivity contribution is 6.53. The Balaban J connectivity index is 2.20. The number of benzene rings is 1. The maximum absolute atomic E-state index is 11.9. The third-order valence-electron chi connectivity index (χ3n) is 2.75. The summed E-state index contributed by atoms with van der Waals surface area (Å²) in [5.41, 5.74) is 0.688. The Morgan fingerprint density at radius 2 is 1.79 bits per heavy atom. The van der Waals surface area contributed by atoms with Crippen LogP contribution in [0.4, 0.5) is 0 Å². The summed E-state index contributed by atoms with van der Waals surface area (Å²) in [6.45, 7) is 1.89. The van der Waals surface area contributed by atoms with Crippen LogP contribution in [0.15, 0.2) is 30.3 Å². The third kappa shape index (κ3) is 1.45.